The number of halogens is 7. The van der Waals surface area contributed by atoms with Crippen molar-refractivity contribution in [1.29, 1.82) is 0 Å². The Morgan fingerprint density at radius 1 is 0.772 bits per heavy atom. The highest BCUT2D eigenvalue weighted by molar-refractivity contribution is 7.91. The molecule has 1 aliphatic rings. The monoisotopic (exact) mass is 1160 g/mol. The zero-order valence-corrected chi connectivity index (χ0v) is 44.7. The summed E-state index contributed by atoms with van der Waals surface area (Å²) in [6, 6.07) is 24.3. The van der Waals surface area contributed by atoms with Crippen LogP contribution >= 0.6 is 23.8 Å². The van der Waals surface area contributed by atoms with Crippen molar-refractivity contribution in [2.24, 2.45) is 0 Å². The van der Waals surface area contributed by atoms with Crippen molar-refractivity contribution in [3.05, 3.63) is 181 Å². The Kier molecular flexibility index (Phi) is 24.0. The second kappa shape index (κ2) is 30.0. The largest absolute Gasteiger partial charge is 0.494 e. The third kappa shape index (κ3) is 18.4. The Labute approximate surface area is 462 Å². The lowest BCUT2D eigenvalue weighted by Crippen LogP contribution is -2.26. The van der Waals surface area contributed by atoms with E-state index in [0.29, 0.717) is 28.1 Å². The number of methoxy groups -OCH3 is 2. The molecule has 0 spiro atoms. The summed E-state index contributed by atoms with van der Waals surface area (Å²) in [7, 11) is -1.59. The number of aliphatic hydroxyl groups excluding tert-OH is 1. The highest BCUT2D eigenvalue weighted by Crippen LogP contribution is 2.28. The van der Waals surface area contributed by atoms with Crippen LogP contribution in [0.2, 0.25) is 0 Å². The van der Waals surface area contributed by atoms with Gasteiger partial charge >= 0.3 is 0 Å². The van der Waals surface area contributed by atoms with Gasteiger partial charge in [0.1, 0.15) is 5.69 Å². The minimum absolute atomic E-state index is 0. The molecule has 3 atom stereocenters. The summed E-state index contributed by atoms with van der Waals surface area (Å²) in [5, 5.41) is 9.53. The molecule has 0 radical (unpaired) electrons. The molecule has 24 heteroatoms. The number of hydrogen-bond donors (Lipinski definition) is 2. The van der Waals surface area contributed by atoms with E-state index in [1.165, 1.54) is 103 Å². The predicted octanol–water partition coefficient (Wildman–Crippen LogP) is 11.6. The maximum absolute atomic E-state index is 14.1. The number of aliphatic hydroxyl groups is 1. The lowest BCUT2D eigenvalue weighted by Gasteiger charge is -2.25. The van der Waals surface area contributed by atoms with Gasteiger partial charge in [0, 0.05) is 48.1 Å². The summed E-state index contributed by atoms with van der Waals surface area (Å²) in [6.07, 6.45) is 0.246. The van der Waals surface area contributed by atoms with E-state index < -0.39 is 62.6 Å². The fourth-order valence-electron chi connectivity index (χ4n) is 7.71. The van der Waals surface area contributed by atoms with Crippen molar-refractivity contribution < 1.29 is 58.8 Å². The summed E-state index contributed by atoms with van der Waals surface area (Å²) >= 11 is 10.5. The third-order valence-corrected chi connectivity index (χ3v) is 13.7. The van der Waals surface area contributed by atoms with Gasteiger partial charge in [0.05, 0.1) is 62.4 Å². The first-order valence-corrected chi connectivity index (χ1v) is 26.8. The van der Waals surface area contributed by atoms with Gasteiger partial charge in [-0.3, -0.25) is 9.59 Å². The maximum atomic E-state index is 14.1. The molecule has 4 aromatic heterocycles. The van der Waals surface area contributed by atoms with E-state index in [0.717, 1.165) is 25.5 Å². The Morgan fingerprint density at radius 2 is 1.34 bits per heavy atom. The molecule has 0 amide bonds. The van der Waals surface area contributed by atoms with E-state index in [9.17, 15) is 49.5 Å². The van der Waals surface area contributed by atoms with Gasteiger partial charge in [-0.1, -0.05) is 49.9 Å². The summed E-state index contributed by atoms with van der Waals surface area (Å²) in [4.78, 5) is 38.5. The Bertz CT molecular complexity index is 3410. The van der Waals surface area contributed by atoms with Crippen LogP contribution in [0, 0.1) is 16.4 Å². The fourth-order valence-corrected chi connectivity index (χ4v) is 9.43. The molecule has 5 heterocycles. The van der Waals surface area contributed by atoms with E-state index >= 15 is 0 Å². The number of nitrogens with one attached hydrogen (secondary N) is 1. The second-order valence-corrected chi connectivity index (χ2v) is 20.3. The normalized spacial score (nSPS) is 14.0. The predicted molar refractivity (Wildman–Crippen MR) is 289 cm³/mol. The van der Waals surface area contributed by atoms with E-state index in [4.69, 9.17) is 42.8 Å². The first-order valence-electron chi connectivity index (χ1n) is 24.2. The van der Waals surface area contributed by atoms with Crippen molar-refractivity contribution in [2.45, 2.75) is 96.0 Å². The molecular formula is C55H59ClF6N6O9S2. The van der Waals surface area contributed by atoms with Crippen LogP contribution in [0.3, 0.4) is 0 Å². The van der Waals surface area contributed by atoms with Crippen LogP contribution in [0.15, 0.2) is 130 Å². The molecule has 3 unspecified atom stereocenters. The van der Waals surface area contributed by atoms with Crippen molar-refractivity contribution in [3.8, 4) is 34.0 Å². The van der Waals surface area contributed by atoms with E-state index in [2.05, 4.69) is 19.9 Å². The number of hydrogen-bond acceptors (Lipinski definition) is 13. The van der Waals surface area contributed by atoms with E-state index in [-0.39, 0.29) is 83.8 Å². The number of sulfone groups is 1. The average molecular weight is 1160 g/mol. The minimum Gasteiger partial charge on any atom is -0.494 e. The maximum Gasteiger partial charge on any atom is 0.280 e. The number of benzene rings is 3. The van der Waals surface area contributed by atoms with Gasteiger partial charge in [-0.2, -0.15) is 0 Å². The summed E-state index contributed by atoms with van der Waals surface area (Å²) < 4.78 is 130. The molecule has 0 aliphatic carbocycles. The van der Waals surface area contributed by atoms with Gasteiger partial charge in [-0.05, 0) is 116 Å². The van der Waals surface area contributed by atoms with Crippen LogP contribution in [0.5, 0.6) is 11.5 Å². The number of alkyl halides is 5. The summed E-state index contributed by atoms with van der Waals surface area (Å²) in [6.45, 7) is 2.93. The molecule has 8 rings (SSSR count). The lowest BCUT2D eigenvalue weighted by atomic mass is 10.1. The van der Waals surface area contributed by atoms with Crippen molar-refractivity contribution in [1.82, 2.24) is 29.1 Å². The molecule has 424 valence electrons. The average Bonchev–Trinajstić information content (AvgIpc) is 3.47. The first-order chi connectivity index (χ1) is 37.3. The van der Waals surface area contributed by atoms with Crippen molar-refractivity contribution in [3.63, 3.8) is 0 Å². The van der Waals surface area contributed by atoms with Crippen molar-refractivity contribution >= 4 is 33.7 Å². The van der Waals surface area contributed by atoms with Crippen LogP contribution in [-0.4, -0.2) is 87.4 Å². The lowest BCUT2D eigenvalue weighted by molar-refractivity contribution is -0.184. The molecular weight excluding hydrogens is 1100 g/mol. The van der Waals surface area contributed by atoms with Gasteiger partial charge in [0.15, 0.2) is 34.2 Å². The number of H-pyrrole nitrogens is 1. The molecule has 0 bridgehead atoms. The van der Waals surface area contributed by atoms with Crippen LogP contribution in [0.1, 0.15) is 93.5 Å². The number of ether oxygens (including phenoxy) is 4. The van der Waals surface area contributed by atoms with Gasteiger partial charge in [0.2, 0.25) is 15.0 Å². The molecule has 1 saturated heterocycles. The minimum atomic E-state index is -4.27. The quantitative estimate of drug-likeness (QED) is 0.0337. The van der Waals surface area contributed by atoms with Crippen LogP contribution in [0.4, 0.5) is 26.3 Å². The van der Waals surface area contributed by atoms with Crippen LogP contribution in [0.25, 0.3) is 22.5 Å². The van der Waals surface area contributed by atoms with Crippen LogP contribution in [-0.2, 0) is 32.4 Å². The smallest absolute Gasteiger partial charge is 0.280 e. The Hall–Kier alpha value is -6.76. The Morgan fingerprint density at radius 3 is 1.84 bits per heavy atom. The second-order valence-electron chi connectivity index (χ2n) is 17.5. The SMILES string of the molecule is C.CC(CCCl)OC1CCCCO1.COc1ccc(Cn2cc(-c3cc(C(F)F)[nH]c(=S)n3)ccc2=O)cc1F.COc1ccc(Cn2cc(-c3cc(C(F)F)nc(S(=O)(=O)CCC(O)c4ccccc4)n3)ccc2=O)cc1F. The van der Waals surface area contributed by atoms with Crippen LogP contribution < -0.4 is 20.6 Å². The summed E-state index contributed by atoms with van der Waals surface area (Å²) in [5.41, 5.74) is 0.209. The first kappa shape index (κ1) is 63.1. The molecule has 15 nitrogen and oxygen atoms in total. The standard InChI is InChI=1S/C27H24F3N3O5S.C18H14F3N3O2S.C9H17ClO2.CH4/c1-38-24-9-7-17(13-20(24)28)15-33-16-19(8-10-25(33)35)21-14-22(26(29)30)32-27(31-21)39(36,37)12-11-23(34)18-5-3-2-4-6-18;1-26-15-4-2-10(6-12(15)19)8-24-9-11(3-5-16(24)25)13-7-14(17(20)21)23-18(27)22-13;1-8(5-6-10)12-9-4-2-3-7-11-9;/h2-10,13-14,16,23,26,34H,11-12,15H2,1H3;2-7,9,17H,8H2,1H3,(H,22,23,27);8-9H,2-7H2,1H3;1H4. The number of rotatable bonds is 19. The van der Waals surface area contributed by atoms with E-state index in [1.807, 2.05) is 6.92 Å². The molecule has 3 aromatic carbocycles. The third-order valence-electron chi connectivity index (χ3n) is 11.8. The molecule has 1 aliphatic heterocycles. The van der Waals surface area contributed by atoms with Gasteiger partial charge < -0.3 is 38.2 Å². The molecule has 7 aromatic rings. The van der Waals surface area contributed by atoms with Gasteiger partial charge in [-0.15, -0.1) is 11.6 Å². The summed E-state index contributed by atoms with van der Waals surface area (Å²) in [5.74, 6) is -0.959. The molecule has 1 fully saturated rings. The number of aromatic nitrogens is 6. The number of aromatic amines is 1. The highest BCUT2D eigenvalue weighted by atomic mass is 35.5. The molecule has 0 saturated carbocycles. The number of pyridine rings is 2. The molecule has 79 heavy (non-hydrogen) atoms. The molecule has 2 N–H and O–H groups in total. The van der Waals surface area contributed by atoms with Crippen molar-refractivity contribution in [2.75, 3.05) is 32.5 Å². The number of nitrogens with zero attached hydrogens (tertiary/aromatic N) is 5. The zero-order chi connectivity index (χ0) is 56.5. The topological polar surface area (TPSA) is 190 Å². The van der Waals surface area contributed by atoms with Gasteiger partial charge in [-0.25, -0.2) is 49.7 Å². The zero-order valence-electron chi connectivity index (χ0n) is 42.3. The van der Waals surface area contributed by atoms with E-state index in [1.54, 1.807) is 42.5 Å². The highest BCUT2D eigenvalue weighted by Gasteiger charge is 2.25. The Balaban J connectivity index is 0.000000247. The fraction of sp³-hybridized carbons (Fsp3) is 0.345. The van der Waals surface area contributed by atoms with Gasteiger partial charge in [0.25, 0.3) is 24.0 Å².